The Morgan fingerprint density at radius 3 is 1.82 bits per heavy atom. The van der Waals surface area contributed by atoms with Gasteiger partial charge in [-0.05, 0) is 53.0 Å². The van der Waals surface area contributed by atoms with Gasteiger partial charge in [-0.2, -0.15) is 0 Å². The zero-order valence-corrected chi connectivity index (χ0v) is 18.2. The van der Waals surface area contributed by atoms with Crippen LogP contribution < -0.4 is 5.73 Å². The van der Waals surface area contributed by atoms with E-state index in [1.165, 1.54) is 32.0 Å². The van der Waals surface area contributed by atoms with E-state index in [0.29, 0.717) is 6.54 Å². The van der Waals surface area contributed by atoms with Crippen molar-refractivity contribution < 1.29 is 0 Å². The lowest BCUT2D eigenvalue weighted by molar-refractivity contribution is 0.246. The SMILES string of the molecule is CSc1ccc(CN(Cc2ccc(CN)cc2)Cc2ccccc2SC)cc1. The Labute approximate surface area is 177 Å². The minimum Gasteiger partial charge on any atom is -0.326 e. The Kier molecular flexibility index (Phi) is 8.04. The van der Waals surface area contributed by atoms with E-state index in [9.17, 15) is 0 Å². The maximum atomic E-state index is 5.75. The Hall–Kier alpha value is -1.72. The number of nitrogens with zero attached hydrogens (tertiary/aromatic N) is 1. The molecule has 0 aliphatic rings. The molecule has 3 rings (SSSR count). The molecular formula is C24H28N2S2. The van der Waals surface area contributed by atoms with Crippen molar-refractivity contribution in [2.45, 2.75) is 36.0 Å². The largest absolute Gasteiger partial charge is 0.326 e. The van der Waals surface area contributed by atoms with Crippen LogP contribution in [0.1, 0.15) is 22.3 Å². The van der Waals surface area contributed by atoms with Gasteiger partial charge in [0.15, 0.2) is 0 Å². The highest BCUT2D eigenvalue weighted by Crippen LogP contribution is 2.24. The molecule has 3 aromatic carbocycles. The normalized spacial score (nSPS) is 11.1. The molecule has 0 atom stereocenters. The molecule has 0 aromatic heterocycles. The summed E-state index contributed by atoms with van der Waals surface area (Å²) in [6.07, 6.45) is 4.27. The molecule has 0 spiro atoms. The first-order valence-corrected chi connectivity index (χ1v) is 11.9. The van der Waals surface area contributed by atoms with Crippen LogP contribution in [0.25, 0.3) is 0 Å². The molecular weight excluding hydrogens is 380 g/mol. The summed E-state index contributed by atoms with van der Waals surface area (Å²) in [5.41, 5.74) is 11.0. The van der Waals surface area contributed by atoms with Gasteiger partial charge < -0.3 is 5.73 Å². The van der Waals surface area contributed by atoms with E-state index < -0.39 is 0 Å². The summed E-state index contributed by atoms with van der Waals surface area (Å²) in [5, 5.41) is 0. The summed E-state index contributed by atoms with van der Waals surface area (Å²) in [6.45, 7) is 3.36. The molecule has 0 saturated heterocycles. The fourth-order valence-electron chi connectivity index (χ4n) is 3.27. The van der Waals surface area contributed by atoms with E-state index in [0.717, 1.165) is 19.6 Å². The molecule has 2 N–H and O–H groups in total. The lowest BCUT2D eigenvalue weighted by Crippen LogP contribution is -2.22. The summed E-state index contributed by atoms with van der Waals surface area (Å²) in [7, 11) is 0. The van der Waals surface area contributed by atoms with Crippen molar-refractivity contribution >= 4 is 23.5 Å². The predicted molar refractivity (Wildman–Crippen MR) is 124 cm³/mol. The van der Waals surface area contributed by atoms with Gasteiger partial charge in [-0.25, -0.2) is 0 Å². The monoisotopic (exact) mass is 408 g/mol. The molecule has 0 fully saturated rings. The summed E-state index contributed by atoms with van der Waals surface area (Å²) < 4.78 is 0. The van der Waals surface area contributed by atoms with Gasteiger partial charge in [-0.1, -0.05) is 54.6 Å². The molecule has 0 unspecified atom stereocenters. The van der Waals surface area contributed by atoms with Gasteiger partial charge in [0, 0.05) is 36.0 Å². The van der Waals surface area contributed by atoms with Gasteiger partial charge in [0.2, 0.25) is 0 Å². The second kappa shape index (κ2) is 10.7. The van der Waals surface area contributed by atoms with Gasteiger partial charge in [-0.15, -0.1) is 23.5 Å². The number of hydrogen-bond donors (Lipinski definition) is 1. The number of benzene rings is 3. The van der Waals surface area contributed by atoms with E-state index in [1.54, 1.807) is 11.8 Å². The van der Waals surface area contributed by atoms with Crippen molar-refractivity contribution in [3.05, 3.63) is 95.1 Å². The minimum atomic E-state index is 0.590. The third-order valence-electron chi connectivity index (χ3n) is 4.82. The van der Waals surface area contributed by atoms with E-state index >= 15 is 0 Å². The van der Waals surface area contributed by atoms with Crippen molar-refractivity contribution in [2.24, 2.45) is 5.73 Å². The van der Waals surface area contributed by atoms with Crippen LogP contribution in [0.4, 0.5) is 0 Å². The first-order chi connectivity index (χ1) is 13.7. The topological polar surface area (TPSA) is 29.3 Å². The highest BCUT2D eigenvalue weighted by molar-refractivity contribution is 7.98. The molecule has 0 saturated carbocycles. The molecule has 0 heterocycles. The minimum absolute atomic E-state index is 0.590. The van der Waals surface area contributed by atoms with E-state index in [4.69, 9.17) is 5.73 Å². The van der Waals surface area contributed by atoms with Crippen LogP contribution in [0.5, 0.6) is 0 Å². The van der Waals surface area contributed by atoms with E-state index in [-0.39, 0.29) is 0 Å². The van der Waals surface area contributed by atoms with Gasteiger partial charge in [-0.3, -0.25) is 4.90 Å². The lowest BCUT2D eigenvalue weighted by atomic mass is 10.1. The molecule has 0 bridgehead atoms. The number of thioether (sulfide) groups is 2. The smallest absolute Gasteiger partial charge is 0.0251 e. The highest BCUT2D eigenvalue weighted by Gasteiger charge is 2.11. The standard InChI is InChI=1S/C24H28N2S2/c1-27-23-13-11-21(12-14-23)17-26(16-20-9-7-19(15-25)8-10-20)18-22-5-3-4-6-24(22)28-2/h3-14H,15-18,25H2,1-2H3. The fourth-order valence-corrected chi connectivity index (χ4v) is 4.29. The molecule has 2 nitrogen and oxygen atoms in total. The van der Waals surface area contributed by atoms with Crippen LogP contribution in [-0.2, 0) is 26.2 Å². The molecule has 0 aliphatic heterocycles. The van der Waals surface area contributed by atoms with Gasteiger partial charge in [0.1, 0.15) is 0 Å². The average Bonchev–Trinajstić information content (AvgIpc) is 2.75. The van der Waals surface area contributed by atoms with Gasteiger partial charge in [0.05, 0.1) is 0 Å². The lowest BCUT2D eigenvalue weighted by Gasteiger charge is -2.24. The van der Waals surface area contributed by atoms with E-state index in [2.05, 4.69) is 90.2 Å². The van der Waals surface area contributed by atoms with Crippen LogP contribution >= 0.6 is 23.5 Å². The fraction of sp³-hybridized carbons (Fsp3) is 0.250. The zero-order valence-electron chi connectivity index (χ0n) is 16.6. The molecule has 3 aromatic rings. The average molecular weight is 409 g/mol. The molecule has 4 heteroatoms. The third-order valence-corrected chi connectivity index (χ3v) is 6.40. The van der Waals surface area contributed by atoms with Gasteiger partial charge >= 0.3 is 0 Å². The Balaban J connectivity index is 1.81. The number of hydrogen-bond acceptors (Lipinski definition) is 4. The van der Waals surface area contributed by atoms with Crippen LogP contribution in [0, 0.1) is 0 Å². The number of nitrogens with two attached hydrogens (primary N) is 1. The predicted octanol–water partition coefficient (Wildman–Crippen LogP) is 5.79. The molecule has 146 valence electrons. The zero-order chi connectivity index (χ0) is 19.8. The quantitative estimate of drug-likeness (QED) is 0.454. The van der Waals surface area contributed by atoms with Crippen molar-refractivity contribution in [1.82, 2.24) is 4.90 Å². The van der Waals surface area contributed by atoms with Crippen LogP contribution in [0.2, 0.25) is 0 Å². The van der Waals surface area contributed by atoms with Crippen LogP contribution in [0.15, 0.2) is 82.6 Å². The summed E-state index contributed by atoms with van der Waals surface area (Å²) in [5.74, 6) is 0. The molecule has 0 amide bonds. The Morgan fingerprint density at radius 2 is 1.25 bits per heavy atom. The van der Waals surface area contributed by atoms with Crippen LogP contribution in [-0.4, -0.2) is 17.4 Å². The summed E-state index contributed by atoms with van der Waals surface area (Å²) in [6, 6.07) is 26.3. The Morgan fingerprint density at radius 1 is 0.679 bits per heavy atom. The molecule has 0 aliphatic carbocycles. The second-order valence-electron chi connectivity index (χ2n) is 6.83. The van der Waals surface area contributed by atoms with E-state index in [1.807, 2.05) is 11.8 Å². The summed E-state index contributed by atoms with van der Waals surface area (Å²) in [4.78, 5) is 5.17. The number of rotatable bonds is 9. The first-order valence-electron chi connectivity index (χ1n) is 9.47. The second-order valence-corrected chi connectivity index (χ2v) is 8.55. The van der Waals surface area contributed by atoms with Gasteiger partial charge in [0.25, 0.3) is 0 Å². The van der Waals surface area contributed by atoms with Crippen LogP contribution in [0.3, 0.4) is 0 Å². The highest BCUT2D eigenvalue weighted by atomic mass is 32.2. The maximum absolute atomic E-state index is 5.75. The van der Waals surface area contributed by atoms with Crippen molar-refractivity contribution in [1.29, 1.82) is 0 Å². The Bertz CT molecular complexity index is 811. The van der Waals surface area contributed by atoms with Crippen molar-refractivity contribution in [3.63, 3.8) is 0 Å². The third kappa shape index (κ3) is 5.89. The maximum Gasteiger partial charge on any atom is 0.0251 e. The first kappa shape index (κ1) is 21.0. The van der Waals surface area contributed by atoms with Crippen molar-refractivity contribution in [3.8, 4) is 0 Å². The molecule has 28 heavy (non-hydrogen) atoms. The van der Waals surface area contributed by atoms with Crippen molar-refractivity contribution in [2.75, 3.05) is 12.5 Å². The molecule has 0 radical (unpaired) electrons. The summed E-state index contributed by atoms with van der Waals surface area (Å²) >= 11 is 3.60.